The summed E-state index contributed by atoms with van der Waals surface area (Å²) in [5.41, 5.74) is 17.1. The summed E-state index contributed by atoms with van der Waals surface area (Å²) in [6.07, 6.45) is 3.59. The van der Waals surface area contributed by atoms with Gasteiger partial charge in [0.05, 0.1) is 12.5 Å². The van der Waals surface area contributed by atoms with E-state index in [1.165, 1.54) is 131 Å². The lowest BCUT2D eigenvalue weighted by Crippen LogP contribution is -1.95. The molecule has 0 N–H and O–H groups in total. The van der Waals surface area contributed by atoms with E-state index >= 15 is 0 Å². The fraction of sp³-hybridized carbons (Fsp3) is 0. The molecule has 15 rings (SSSR count). The van der Waals surface area contributed by atoms with Crippen LogP contribution in [0.2, 0.25) is 0 Å². The maximum atomic E-state index is 5.93. The lowest BCUT2D eigenvalue weighted by molar-refractivity contribution is 0.615. The minimum Gasteiger partial charge on any atom is -0.464 e. The number of hydrogen-bond donors (Lipinski definition) is 0. The monoisotopic (exact) mass is 758 g/mol. The van der Waals surface area contributed by atoms with Gasteiger partial charge in [-0.05, 0) is 186 Å². The van der Waals surface area contributed by atoms with Crippen LogP contribution in [0, 0.1) is 0 Å². The highest BCUT2D eigenvalue weighted by atomic mass is 16.3. The van der Waals surface area contributed by atoms with Gasteiger partial charge in [-0.3, -0.25) is 0 Å². The van der Waals surface area contributed by atoms with E-state index < -0.39 is 0 Å². The minimum absolute atomic E-state index is 0.891. The fourth-order valence-corrected chi connectivity index (χ4v) is 11.4. The minimum atomic E-state index is 0.891. The fourth-order valence-electron chi connectivity index (χ4n) is 11.4. The molecule has 0 saturated carbocycles. The zero-order valence-corrected chi connectivity index (χ0v) is 32.1. The number of fused-ring (bicyclic) bond motifs is 15. The third-order valence-corrected chi connectivity index (χ3v) is 13.8. The summed E-state index contributed by atoms with van der Waals surface area (Å²) >= 11 is 0. The molecule has 2 heterocycles. The van der Waals surface area contributed by atoms with Gasteiger partial charge in [0.2, 0.25) is 0 Å². The molecule has 2 aliphatic carbocycles. The van der Waals surface area contributed by atoms with Crippen LogP contribution in [0.5, 0.6) is 0 Å². The highest BCUT2D eigenvalue weighted by Gasteiger charge is 2.32. The Kier molecular flexibility index (Phi) is 5.68. The van der Waals surface area contributed by atoms with Crippen molar-refractivity contribution in [3.05, 3.63) is 182 Å². The molecule has 60 heavy (non-hydrogen) atoms. The van der Waals surface area contributed by atoms with Gasteiger partial charge >= 0.3 is 0 Å². The van der Waals surface area contributed by atoms with E-state index in [0.29, 0.717) is 0 Å². The maximum absolute atomic E-state index is 5.93. The molecule has 0 unspecified atom stereocenters. The average molecular weight is 759 g/mol. The van der Waals surface area contributed by atoms with Gasteiger partial charge in [0, 0.05) is 10.8 Å². The van der Waals surface area contributed by atoms with Crippen molar-refractivity contribution in [3.63, 3.8) is 0 Å². The zero-order chi connectivity index (χ0) is 38.8. The molecule has 2 heteroatoms. The molecule has 0 aliphatic heterocycles. The van der Waals surface area contributed by atoms with Crippen LogP contribution in [0.3, 0.4) is 0 Å². The number of furan rings is 2. The van der Waals surface area contributed by atoms with Crippen LogP contribution >= 0.6 is 0 Å². The molecule has 0 saturated heterocycles. The number of hydrogen-bond acceptors (Lipinski definition) is 2. The van der Waals surface area contributed by atoms with Gasteiger partial charge in [-0.1, -0.05) is 115 Å². The predicted octanol–water partition coefficient (Wildman–Crippen LogP) is 16.7. The molecule has 2 aromatic heterocycles. The van der Waals surface area contributed by atoms with E-state index in [1.54, 1.807) is 12.5 Å². The van der Waals surface area contributed by atoms with Crippen molar-refractivity contribution < 1.29 is 8.83 Å². The molecule has 0 fully saturated rings. The van der Waals surface area contributed by atoms with Gasteiger partial charge in [0.1, 0.15) is 11.2 Å². The van der Waals surface area contributed by atoms with Crippen molar-refractivity contribution in [2.45, 2.75) is 0 Å². The van der Waals surface area contributed by atoms with Crippen molar-refractivity contribution >= 4 is 86.6 Å². The summed E-state index contributed by atoms with van der Waals surface area (Å²) in [4.78, 5) is 0. The first kappa shape index (κ1) is 31.1. The Bertz CT molecular complexity index is 4110. The van der Waals surface area contributed by atoms with Crippen molar-refractivity contribution in [3.8, 4) is 66.8 Å². The molecule has 0 bridgehead atoms. The highest BCUT2D eigenvalue weighted by molar-refractivity contribution is 6.35. The van der Waals surface area contributed by atoms with Crippen LogP contribution in [0.1, 0.15) is 0 Å². The van der Waals surface area contributed by atoms with Crippen LogP contribution in [-0.4, -0.2) is 0 Å². The van der Waals surface area contributed by atoms with Gasteiger partial charge in [0.25, 0.3) is 0 Å². The molecule has 2 aliphatic rings. The third-order valence-electron chi connectivity index (χ3n) is 13.8. The largest absolute Gasteiger partial charge is 0.464 e. The third kappa shape index (κ3) is 3.84. The standard InChI is InChI=1S/C58H30O2/c1-2-9-38-32(6-1)29-49-55-40(38)12-5-13-44(55)57-54(37-16-21-51-35(27-37)23-25-60-51)56-43-17-14-33-28-47-41-10-3-7-31-8-4-11-42(52(31)41)48(47)30-46(33)39(43)18-19-45(56)53(58(49)57)36-15-20-50-34(26-36)22-24-59-50/h1-30H. The van der Waals surface area contributed by atoms with Crippen molar-refractivity contribution in [1.29, 1.82) is 0 Å². The molecule has 0 atom stereocenters. The number of benzene rings is 11. The van der Waals surface area contributed by atoms with Gasteiger partial charge in [-0.2, -0.15) is 0 Å². The molecule has 0 amide bonds. The lowest BCUT2D eigenvalue weighted by atomic mass is 9.80. The Morgan fingerprint density at radius 3 is 1.63 bits per heavy atom. The average Bonchev–Trinajstić information content (AvgIpc) is 4.10. The molecular weight excluding hydrogens is 729 g/mol. The highest BCUT2D eigenvalue weighted by Crippen LogP contribution is 2.60. The molecular formula is C58H30O2. The first-order valence-corrected chi connectivity index (χ1v) is 20.7. The van der Waals surface area contributed by atoms with Crippen LogP contribution < -0.4 is 0 Å². The van der Waals surface area contributed by atoms with E-state index in [0.717, 1.165) is 21.9 Å². The molecule has 2 nitrogen and oxygen atoms in total. The topological polar surface area (TPSA) is 26.3 Å². The van der Waals surface area contributed by atoms with Crippen molar-refractivity contribution in [1.82, 2.24) is 0 Å². The first-order chi connectivity index (χ1) is 29.7. The summed E-state index contributed by atoms with van der Waals surface area (Å²) < 4.78 is 11.8. The number of rotatable bonds is 2. The van der Waals surface area contributed by atoms with E-state index in [4.69, 9.17) is 8.83 Å². The van der Waals surface area contributed by atoms with Gasteiger partial charge < -0.3 is 8.83 Å². The second-order valence-corrected chi connectivity index (χ2v) is 16.7. The Hall–Kier alpha value is -7.94. The quantitative estimate of drug-likeness (QED) is 0.164. The van der Waals surface area contributed by atoms with Gasteiger partial charge in [0.15, 0.2) is 0 Å². The summed E-state index contributed by atoms with van der Waals surface area (Å²) in [6, 6.07) is 63.7. The van der Waals surface area contributed by atoms with E-state index in [1.807, 2.05) is 0 Å². The smallest absolute Gasteiger partial charge is 0.133 e. The zero-order valence-electron chi connectivity index (χ0n) is 32.1. The second-order valence-electron chi connectivity index (χ2n) is 16.7. The summed E-state index contributed by atoms with van der Waals surface area (Å²) in [5.74, 6) is 0. The van der Waals surface area contributed by atoms with E-state index in [9.17, 15) is 0 Å². The Balaban J connectivity index is 1.15. The molecule has 0 radical (unpaired) electrons. The molecule has 13 aromatic rings. The Morgan fingerprint density at radius 2 is 0.833 bits per heavy atom. The van der Waals surface area contributed by atoms with Crippen LogP contribution in [0.15, 0.2) is 191 Å². The molecule has 11 aromatic carbocycles. The lowest BCUT2D eigenvalue weighted by Gasteiger charge is -2.22. The Labute approximate surface area is 343 Å². The first-order valence-electron chi connectivity index (χ1n) is 20.7. The normalized spacial score (nSPS) is 12.7. The summed E-state index contributed by atoms with van der Waals surface area (Å²) in [5, 5.41) is 17.5. The molecule has 274 valence electrons. The predicted molar refractivity (Wildman–Crippen MR) is 251 cm³/mol. The van der Waals surface area contributed by atoms with Gasteiger partial charge in [-0.25, -0.2) is 0 Å². The van der Waals surface area contributed by atoms with Gasteiger partial charge in [-0.15, -0.1) is 0 Å². The summed E-state index contributed by atoms with van der Waals surface area (Å²) in [6.45, 7) is 0. The van der Waals surface area contributed by atoms with Crippen LogP contribution in [0.25, 0.3) is 153 Å². The molecule has 0 spiro atoms. The van der Waals surface area contributed by atoms with E-state index in [-0.39, 0.29) is 0 Å². The SMILES string of the molecule is c1cc2c3c(cccc3c1)-c1cc3c(ccc4c3ccc3c(-c5ccc6occc6c5)c5c(c(-c6ccc7occc7c6)c34)-c3cccc4c3c-5cc3ccccc34)cc1-2. The maximum Gasteiger partial charge on any atom is 0.133 e. The second kappa shape index (κ2) is 11.0. The van der Waals surface area contributed by atoms with Crippen LogP contribution in [0.4, 0.5) is 0 Å². The van der Waals surface area contributed by atoms with Crippen LogP contribution in [-0.2, 0) is 0 Å². The Morgan fingerprint density at radius 1 is 0.250 bits per heavy atom. The van der Waals surface area contributed by atoms with E-state index in [2.05, 4.69) is 170 Å². The summed E-state index contributed by atoms with van der Waals surface area (Å²) in [7, 11) is 0. The van der Waals surface area contributed by atoms with Crippen molar-refractivity contribution in [2.24, 2.45) is 0 Å². The van der Waals surface area contributed by atoms with Crippen molar-refractivity contribution in [2.75, 3.05) is 0 Å².